The Balaban J connectivity index is 1.68. The van der Waals surface area contributed by atoms with Gasteiger partial charge in [-0.2, -0.15) is 0 Å². The quantitative estimate of drug-likeness (QED) is 0.474. The molecule has 4 aromatic carbocycles. The van der Waals surface area contributed by atoms with Gasteiger partial charge in [0.2, 0.25) is 0 Å². The fourth-order valence-electron chi connectivity index (χ4n) is 3.98. The van der Waals surface area contributed by atoms with Crippen LogP contribution in [-0.2, 0) is 0 Å². The van der Waals surface area contributed by atoms with Gasteiger partial charge >= 0.3 is 0 Å². The van der Waals surface area contributed by atoms with Gasteiger partial charge in [0.15, 0.2) is 0 Å². The minimum absolute atomic E-state index is 0.115. The first-order valence-electron chi connectivity index (χ1n) is 9.91. The van der Waals surface area contributed by atoms with E-state index in [-0.39, 0.29) is 6.04 Å². The molecule has 0 saturated heterocycles. The van der Waals surface area contributed by atoms with Crippen molar-refractivity contribution in [2.45, 2.75) is 6.04 Å². The summed E-state index contributed by atoms with van der Waals surface area (Å²) in [5.41, 5.74) is 4.42. The Bertz CT molecular complexity index is 1230. The summed E-state index contributed by atoms with van der Waals surface area (Å²) in [6, 6.07) is 28.8. The van der Waals surface area contributed by atoms with Gasteiger partial charge in [-0.3, -0.25) is 4.99 Å². The molecule has 1 atom stereocenters. The number of hydrogen-bond acceptors (Lipinski definition) is 4. The Hall–Kier alpha value is -3.79. The van der Waals surface area contributed by atoms with Crippen LogP contribution in [0.4, 0.5) is 5.69 Å². The summed E-state index contributed by atoms with van der Waals surface area (Å²) in [6.07, 6.45) is 0. The Morgan fingerprint density at radius 1 is 0.733 bits per heavy atom. The SMILES string of the molecule is COc1ccc(C2=N[C@@H](c3ccc(OC)cc3)c3c(ccc4ccccc34)N2)cc1. The summed E-state index contributed by atoms with van der Waals surface area (Å²) in [7, 11) is 3.36. The zero-order valence-corrected chi connectivity index (χ0v) is 16.9. The molecule has 5 rings (SSSR count). The van der Waals surface area contributed by atoms with Gasteiger partial charge in [-0.25, -0.2) is 0 Å². The topological polar surface area (TPSA) is 42.9 Å². The van der Waals surface area contributed by atoms with Gasteiger partial charge in [-0.05, 0) is 58.8 Å². The van der Waals surface area contributed by atoms with Crippen molar-refractivity contribution in [2.75, 3.05) is 19.5 Å². The third-order valence-electron chi connectivity index (χ3n) is 5.55. The van der Waals surface area contributed by atoms with Crippen molar-refractivity contribution in [1.29, 1.82) is 0 Å². The fraction of sp³-hybridized carbons (Fsp3) is 0.115. The van der Waals surface area contributed by atoms with Crippen LogP contribution in [0.2, 0.25) is 0 Å². The molecular weight excluding hydrogens is 372 g/mol. The van der Waals surface area contributed by atoms with E-state index in [1.807, 2.05) is 36.4 Å². The average molecular weight is 394 g/mol. The van der Waals surface area contributed by atoms with Gasteiger partial charge in [0, 0.05) is 16.8 Å². The number of methoxy groups -OCH3 is 2. The Morgan fingerprint density at radius 2 is 1.40 bits per heavy atom. The molecule has 0 amide bonds. The smallest absolute Gasteiger partial charge is 0.133 e. The summed E-state index contributed by atoms with van der Waals surface area (Å²) in [4.78, 5) is 5.15. The minimum Gasteiger partial charge on any atom is -0.497 e. The first-order valence-corrected chi connectivity index (χ1v) is 9.91. The van der Waals surface area contributed by atoms with E-state index in [4.69, 9.17) is 14.5 Å². The summed E-state index contributed by atoms with van der Waals surface area (Å²) < 4.78 is 10.6. The maximum atomic E-state index is 5.35. The van der Waals surface area contributed by atoms with Crippen molar-refractivity contribution in [3.05, 3.63) is 102 Å². The summed E-state index contributed by atoms with van der Waals surface area (Å²) in [6.45, 7) is 0. The number of aliphatic imine (C=N–C) groups is 1. The summed E-state index contributed by atoms with van der Waals surface area (Å²) in [5.74, 6) is 2.51. The molecule has 30 heavy (non-hydrogen) atoms. The minimum atomic E-state index is -0.115. The van der Waals surface area contributed by atoms with Crippen molar-refractivity contribution in [1.82, 2.24) is 0 Å². The monoisotopic (exact) mass is 394 g/mol. The molecule has 0 aromatic heterocycles. The van der Waals surface area contributed by atoms with Crippen molar-refractivity contribution >= 4 is 22.3 Å². The zero-order valence-electron chi connectivity index (χ0n) is 16.9. The van der Waals surface area contributed by atoms with E-state index < -0.39 is 0 Å². The highest BCUT2D eigenvalue weighted by Crippen LogP contribution is 2.41. The lowest BCUT2D eigenvalue weighted by molar-refractivity contribution is 0.414. The Kier molecular flexibility index (Phi) is 4.60. The van der Waals surface area contributed by atoms with Crippen LogP contribution < -0.4 is 14.8 Å². The fourth-order valence-corrected chi connectivity index (χ4v) is 3.98. The summed E-state index contributed by atoms with van der Waals surface area (Å²) in [5, 5.41) is 5.97. The van der Waals surface area contributed by atoms with Crippen LogP contribution in [0.5, 0.6) is 11.5 Å². The third-order valence-corrected chi connectivity index (χ3v) is 5.55. The molecule has 1 heterocycles. The lowest BCUT2D eigenvalue weighted by atomic mass is 9.91. The molecule has 0 aliphatic carbocycles. The maximum absolute atomic E-state index is 5.35. The molecule has 0 unspecified atom stereocenters. The largest absolute Gasteiger partial charge is 0.497 e. The van der Waals surface area contributed by atoms with Crippen LogP contribution in [0, 0.1) is 0 Å². The number of fused-ring (bicyclic) bond motifs is 3. The molecule has 0 radical (unpaired) electrons. The molecule has 0 bridgehead atoms. The zero-order chi connectivity index (χ0) is 20.5. The molecular formula is C26H22N2O2. The van der Waals surface area contributed by atoms with Crippen LogP contribution >= 0.6 is 0 Å². The molecule has 0 spiro atoms. The first kappa shape index (κ1) is 18.3. The maximum Gasteiger partial charge on any atom is 0.133 e. The summed E-state index contributed by atoms with van der Waals surface area (Å²) >= 11 is 0. The number of nitrogens with one attached hydrogen (secondary N) is 1. The number of anilines is 1. The van der Waals surface area contributed by atoms with Gasteiger partial charge in [-0.1, -0.05) is 42.5 Å². The number of amidine groups is 1. The van der Waals surface area contributed by atoms with Gasteiger partial charge in [0.1, 0.15) is 23.4 Å². The van der Waals surface area contributed by atoms with Crippen LogP contribution in [0.15, 0.2) is 89.9 Å². The molecule has 1 aliphatic heterocycles. The number of nitrogens with zero attached hydrogens (tertiary/aromatic N) is 1. The second kappa shape index (κ2) is 7.56. The van der Waals surface area contributed by atoms with Crippen LogP contribution in [0.3, 0.4) is 0 Å². The van der Waals surface area contributed by atoms with Gasteiger partial charge in [0.05, 0.1) is 14.2 Å². The molecule has 4 aromatic rings. The van der Waals surface area contributed by atoms with E-state index in [1.54, 1.807) is 14.2 Å². The Morgan fingerprint density at radius 3 is 2.10 bits per heavy atom. The molecule has 148 valence electrons. The highest BCUT2D eigenvalue weighted by atomic mass is 16.5. The lowest BCUT2D eigenvalue weighted by Gasteiger charge is -2.27. The molecule has 4 heteroatoms. The molecule has 0 saturated carbocycles. The predicted molar refractivity (Wildman–Crippen MR) is 122 cm³/mol. The lowest BCUT2D eigenvalue weighted by Crippen LogP contribution is -2.22. The molecule has 1 N–H and O–H groups in total. The predicted octanol–water partition coefficient (Wildman–Crippen LogP) is 5.82. The van der Waals surface area contributed by atoms with Gasteiger partial charge in [0.25, 0.3) is 0 Å². The van der Waals surface area contributed by atoms with Gasteiger partial charge < -0.3 is 14.8 Å². The average Bonchev–Trinajstić information content (AvgIpc) is 2.83. The number of ether oxygens (including phenoxy) is 2. The molecule has 4 nitrogen and oxygen atoms in total. The third kappa shape index (κ3) is 3.16. The van der Waals surface area contributed by atoms with Crippen LogP contribution in [0.1, 0.15) is 22.7 Å². The van der Waals surface area contributed by atoms with Crippen molar-refractivity contribution in [2.24, 2.45) is 4.99 Å². The number of hydrogen-bond donors (Lipinski definition) is 1. The molecule has 1 aliphatic rings. The first-order chi connectivity index (χ1) is 14.8. The van der Waals surface area contributed by atoms with E-state index in [0.717, 1.165) is 34.1 Å². The van der Waals surface area contributed by atoms with Crippen molar-refractivity contribution in [3.63, 3.8) is 0 Å². The standard InChI is InChI=1S/C26H22N2O2/c1-29-20-12-7-18(8-13-20)25-24-22-6-4-3-5-17(22)11-16-23(24)27-26(28-25)19-9-14-21(30-2)15-10-19/h3-16,25H,1-2H3,(H,27,28)/t25-/m0/s1. The van der Waals surface area contributed by atoms with Crippen molar-refractivity contribution in [3.8, 4) is 11.5 Å². The van der Waals surface area contributed by atoms with E-state index in [1.165, 1.54) is 16.3 Å². The van der Waals surface area contributed by atoms with E-state index in [0.29, 0.717) is 0 Å². The highest BCUT2D eigenvalue weighted by molar-refractivity contribution is 6.11. The number of rotatable bonds is 4. The Labute approximate surface area is 175 Å². The van der Waals surface area contributed by atoms with E-state index in [9.17, 15) is 0 Å². The van der Waals surface area contributed by atoms with E-state index >= 15 is 0 Å². The number of benzene rings is 4. The second-order valence-corrected chi connectivity index (χ2v) is 7.25. The van der Waals surface area contributed by atoms with Crippen molar-refractivity contribution < 1.29 is 9.47 Å². The van der Waals surface area contributed by atoms with Crippen LogP contribution in [-0.4, -0.2) is 20.1 Å². The highest BCUT2D eigenvalue weighted by Gasteiger charge is 2.26. The molecule has 0 fully saturated rings. The normalized spacial score (nSPS) is 15.1. The van der Waals surface area contributed by atoms with Crippen LogP contribution in [0.25, 0.3) is 10.8 Å². The van der Waals surface area contributed by atoms with Gasteiger partial charge in [-0.15, -0.1) is 0 Å². The van der Waals surface area contributed by atoms with E-state index in [2.05, 4.69) is 53.8 Å². The second-order valence-electron chi connectivity index (χ2n) is 7.25.